The second-order valence-corrected chi connectivity index (χ2v) is 13.4. The molecule has 2 amide bonds. The number of carbonyl (C=O) groups is 7. The van der Waals surface area contributed by atoms with Gasteiger partial charge >= 0.3 is 17.9 Å². The predicted octanol–water partition coefficient (Wildman–Crippen LogP) is 7.48. The number of rotatable bonds is 21. The van der Waals surface area contributed by atoms with E-state index in [1.807, 2.05) is 0 Å². The maximum Gasteiger partial charge on any atom is 0.349 e. The SMILES string of the molecule is C=C(Cl)C(=O)OCCOc1ccc(N=Nc2ccc(C(=O)OCCC(=O)CC(=O)Oc3ccc(/C=C/C(=O)c4ccc(OCCN5C(=O)C=C(C)C5=O)cc4)cc3)cc2)cc1. The van der Waals surface area contributed by atoms with Crippen molar-refractivity contribution in [1.82, 2.24) is 4.90 Å². The highest BCUT2D eigenvalue weighted by Crippen LogP contribution is 2.22. The normalized spacial score (nSPS) is 12.3. The largest absolute Gasteiger partial charge is 0.492 e. The second-order valence-electron chi connectivity index (χ2n) is 13.0. The van der Waals surface area contributed by atoms with Gasteiger partial charge in [-0.1, -0.05) is 36.4 Å². The highest BCUT2D eigenvalue weighted by Gasteiger charge is 2.27. The van der Waals surface area contributed by atoms with Crippen molar-refractivity contribution in [3.63, 3.8) is 0 Å². The van der Waals surface area contributed by atoms with Gasteiger partial charge in [0.05, 0.1) is 30.1 Å². The maximum atomic E-state index is 12.7. The first kappa shape index (κ1) is 44.6. The first-order valence-electron chi connectivity index (χ1n) is 18.6. The van der Waals surface area contributed by atoms with Crippen LogP contribution in [-0.2, 0) is 33.4 Å². The highest BCUT2D eigenvalue weighted by atomic mass is 35.5. The molecular formula is C45H38ClN3O12. The summed E-state index contributed by atoms with van der Waals surface area (Å²) in [7, 11) is 0. The molecule has 4 aromatic rings. The Hall–Kier alpha value is -7.52. The van der Waals surface area contributed by atoms with Gasteiger partial charge in [-0.2, -0.15) is 10.2 Å². The molecule has 0 bridgehead atoms. The van der Waals surface area contributed by atoms with Crippen LogP contribution < -0.4 is 14.2 Å². The van der Waals surface area contributed by atoms with E-state index in [1.165, 1.54) is 36.4 Å². The van der Waals surface area contributed by atoms with Crippen LogP contribution in [0.1, 0.15) is 46.0 Å². The number of ether oxygens (including phenoxy) is 5. The molecule has 0 unspecified atom stereocenters. The lowest BCUT2D eigenvalue weighted by molar-refractivity contribution is -0.139. The number of amides is 2. The minimum absolute atomic E-state index is 0.00608. The number of hydrogen-bond donors (Lipinski definition) is 0. The molecule has 0 N–H and O–H groups in total. The van der Waals surface area contributed by atoms with Gasteiger partial charge in [-0.25, -0.2) is 9.59 Å². The molecule has 15 nitrogen and oxygen atoms in total. The number of halogens is 1. The summed E-state index contributed by atoms with van der Waals surface area (Å²) in [5, 5.41) is 8.08. The summed E-state index contributed by atoms with van der Waals surface area (Å²) in [4.78, 5) is 86.1. The van der Waals surface area contributed by atoms with E-state index in [-0.39, 0.29) is 73.3 Å². The number of ketones is 2. The summed E-state index contributed by atoms with van der Waals surface area (Å²) >= 11 is 5.45. The topological polar surface area (TPSA) is 194 Å². The number of esters is 3. The average molecular weight is 848 g/mol. The monoisotopic (exact) mass is 847 g/mol. The van der Waals surface area contributed by atoms with Crippen molar-refractivity contribution < 1.29 is 57.2 Å². The first-order chi connectivity index (χ1) is 29.3. The van der Waals surface area contributed by atoms with Crippen LogP contribution in [0.15, 0.2) is 137 Å². The third kappa shape index (κ3) is 14.1. The fourth-order valence-electron chi connectivity index (χ4n) is 5.25. The zero-order chi connectivity index (χ0) is 43.7. The van der Waals surface area contributed by atoms with Gasteiger partial charge in [0.2, 0.25) is 0 Å². The lowest BCUT2D eigenvalue weighted by Crippen LogP contribution is -2.34. The van der Waals surface area contributed by atoms with Crippen LogP contribution in [0.4, 0.5) is 11.4 Å². The predicted molar refractivity (Wildman–Crippen MR) is 221 cm³/mol. The Kier molecular flexibility index (Phi) is 16.1. The van der Waals surface area contributed by atoms with E-state index in [0.717, 1.165) is 4.90 Å². The van der Waals surface area contributed by atoms with Crippen molar-refractivity contribution >= 4 is 70.3 Å². The van der Waals surface area contributed by atoms with Crippen LogP contribution in [-0.4, -0.2) is 79.2 Å². The summed E-state index contributed by atoms with van der Waals surface area (Å²) < 4.78 is 26.4. The summed E-state index contributed by atoms with van der Waals surface area (Å²) in [6.07, 6.45) is 3.56. The van der Waals surface area contributed by atoms with E-state index in [0.29, 0.717) is 39.6 Å². The minimum Gasteiger partial charge on any atom is -0.492 e. The molecule has 61 heavy (non-hydrogen) atoms. The quantitative estimate of drug-likeness (QED) is 0.0118. The number of azo groups is 1. The van der Waals surface area contributed by atoms with Crippen LogP contribution in [0.5, 0.6) is 17.2 Å². The zero-order valence-electron chi connectivity index (χ0n) is 32.7. The Morgan fingerprint density at radius 2 is 1.28 bits per heavy atom. The molecule has 0 radical (unpaired) electrons. The van der Waals surface area contributed by atoms with E-state index in [9.17, 15) is 33.6 Å². The van der Waals surface area contributed by atoms with Gasteiger partial charge in [-0.3, -0.25) is 28.9 Å². The van der Waals surface area contributed by atoms with Crippen molar-refractivity contribution in [2.24, 2.45) is 10.2 Å². The molecule has 16 heteroatoms. The van der Waals surface area contributed by atoms with E-state index >= 15 is 0 Å². The summed E-state index contributed by atoms with van der Waals surface area (Å²) in [6, 6.07) is 25.6. The van der Waals surface area contributed by atoms with E-state index in [2.05, 4.69) is 16.8 Å². The molecule has 0 saturated carbocycles. The van der Waals surface area contributed by atoms with Gasteiger partial charge in [0.1, 0.15) is 54.3 Å². The number of benzene rings is 4. The molecule has 4 aromatic carbocycles. The van der Waals surface area contributed by atoms with Crippen molar-refractivity contribution in [3.05, 3.63) is 143 Å². The number of allylic oxidation sites excluding steroid dienone is 1. The molecule has 5 rings (SSSR count). The van der Waals surface area contributed by atoms with Crippen LogP contribution >= 0.6 is 11.6 Å². The van der Waals surface area contributed by atoms with Crippen molar-refractivity contribution in [3.8, 4) is 17.2 Å². The van der Waals surface area contributed by atoms with Gasteiger partial charge in [-0.15, -0.1) is 0 Å². The van der Waals surface area contributed by atoms with Gasteiger partial charge in [0.15, 0.2) is 5.78 Å². The Morgan fingerprint density at radius 1 is 0.705 bits per heavy atom. The third-order valence-corrected chi connectivity index (χ3v) is 8.59. The van der Waals surface area contributed by atoms with Crippen LogP contribution in [0.3, 0.4) is 0 Å². The summed E-state index contributed by atoms with van der Waals surface area (Å²) in [6.45, 7) is 4.97. The van der Waals surface area contributed by atoms with Crippen LogP contribution in [0, 0.1) is 0 Å². The molecule has 0 aliphatic carbocycles. The lowest BCUT2D eigenvalue weighted by Gasteiger charge is -2.14. The molecule has 1 heterocycles. The molecule has 1 aliphatic heterocycles. The van der Waals surface area contributed by atoms with Crippen molar-refractivity contribution in [1.29, 1.82) is 0 Å². The van der Waals surface area contributed by atoms with Gasteiger partial charge in [-0.05, 0) is 103 Å². The minimum atomic E-state index is -0.781. The van der Waals surface area contributed by atoms with Crippen LogP contribution in [0.2, 0.25) is 0 Å². The molecular weight excluding hydrogens is 810 g/mol. The molecule has 0 aromatic heterocycles. The number of nitrogens with zero attached hydrogens (tertiary/aromatic N) is 3. The second kappa shape index (κ2) is 22.0. The van der Waals surface area contributed by atoms with Gasteiger partial charge < -0.3 is 23.7 Å². The third-order valence-electron chi connectivity index (χ3n) is 8.43. The number of Topliss-reactive ketones (excluding diaryl/α,β-unsaturated/α-hetero) is 1. The van der Waals surface area contributed by atoms with Crippen molar-refractivity contribution in [2.75, 3.05) is 33.0 Å². The lowest BCUT2D eigenvalue weighted by atomic mass is 10.1. The molecule has 0 atom stereocenters. The smallest absolute Gasteiger partial charge is 0.349 e. The molecule has 0 spiro atoms. The van der Waals surface area contributed by atoms with E-state index < -0.39 is 30.1 Å². The standard InChI is InChI=1S/C45H38ClN3O12/c1-29-27-41(52)49(43(29)54)22-24-57-37-16-8-32(9-17-37)40(51)20-5-31-3-14-39(15-4-31)61-42(53)28-36(50)21-23-59-45(56)33-6-10-34(11-7-33)47-48-35-12-18-38(19-13-35)58-25-26-60-44(55)30(2)46/h3-20,27H,2,21-26,28H2,1H3/b20-5+,48-47?. The van der Waals surface area contributed by atoms with Gasteiger partial charge in [0.25, 0.3) is 11.8 Å². The van der Waals surface area contributed by atoms with E-state index in [4.69, 9.17) is 35.3 Å². The Morgan fingerprint density at radius 3 is 1.89 bits per heavy atom. The summed E-state index contributed by atoms with van der Waals surface area (Å²) in [5.41, 5.74) is 2.70. The fraction of sp³-hybridized carbons (Fsp3) is 0.178. The van der Waals surface area contributed by atoms with E-state index in [1.54, 1.807) is 85.8 Å². The van der Waals surface area contributed by atoms with Crippen LogP contribution in [0.25, 0.3) is 6.08 Å². The molecule has 0 saturated heterocycles. The molecule has 0 fully saturated rings. The maximum absolute atomic E-state index is 12.7. The highest BCUT2D eigenvalue weighted by molar-refractivity contribution is 6.40. The number of carbonyl (C=O) groups excluding carboxylic acids is 7. The Labute approximate surface area is 354 Å². The first-order valence-corrected chi connectivity index (χ1v) is 19.0. The Balaban J connectivity index is 0.958. The molecule has 312 valence electrons. The van der Waals surface area contributed by atoms with Gasteiger partial charge in [0, 0.05) is 23.6 Å². The zero-order valence-corrected chi connectivity index (χ0v) is 33.5. The molecule has 1 aliphatic rings. The fourth-order valence-corrected chi connectivity index (χ4v) is 5.31. The number of imide groups is 1. The Bertz CT molecular complexity index is 2370. The summed E-state index contributed by atoms with van der Waals surface area (Å²) in [5.74, 6) is -2.39. The van der Waals surface area contributed by atoms with Crippen molar-refractivity contribution in [2.45, 2.75) is 19.8 Å². The number of hydrogen-bond acceptors (Lipinski definition) is 14. The average Bonchev–Trinajstić information content (AvgIpc) is 3.50.